The normalized spacial score (nSPS) is 12.6. The second kappa shape index (κ2) is 5.25. The van der Waals surface area contributed by atoms with Crippen LogP contribution in [0.3, 0.4) is 0 Å². The topological polar surface area (TPSA) is 78.3 Å². The molecular formula is C9H14ClN3O2. The molecule has 0 aliphatic heterocycles. The van der Waals surface area contributed by atoms with Gasteiger partial charge in [-0.2, -0.15) is 0 Å². The van der Waals surface area contributed by atoms with Gasteiger partial charge >= 0.3 is 0 Å². The van der Waals surface area contributed by atoms with Crippen LogP contribution < -0.4 is 5.32 Å². The van der Waals surface area contributed by atoms with Gasteiger partial charge in [-0.05, 0) is 25.0 Å². The zero-order valence-corrected chi connectivity index (χ0v) is 9.41. The summed E-state index contributed by atoms with van der Waals surface area (Å²) in [5.41, 5.74) is 1.74. The maximum absolute atomic E-state index is 9.15. The number of nitrogens with one attached hydrogen (secondary N) is 1. The minimum Gasteiger partial charge on any atom is -0.394 e. The predicted molar refractivity (Wildman–Crippen MR) is 58.1 cm³/mol. The van der Waals surface area contributed by atoms with Crippen LogP contribution in [-0.4, -0.2) is 39.7 Å². The Labute approximate surface area is 93.1 Å². The zero-order chi connectivity index (χ0) is 11.4. The van der Waals surface area contributed by atoms with Crippen molar-refractivity contribution in [2.45, 2.75) is 20.0 Å². The van der Waals surface area contributed by atoms with Gasteiger partial charge in [0.2, 0.25) is 0 Å². The largest absolute Gasteiger partial charge is 0.394 e. The van der Waals surface area contributed by atoms with E-state index < -0.39 is 6.10 Å². The Morgan fingerprint density at radius 3 is 2.60 bits per heavy atom. The van der Waals surface area contributed by atoms with Crippen LogP contribution in [0.1, 0.15) is 11.1 Å². The average Bonchev–Trinajstić information content (AvgIpc) is 2.24. The first-order valence-corrected chi connectivity index (χ1v) is 4.96. The highest BCUT2D eigenvalue weighted by Gasteiger charge is 2.09. The molecule has 0 fully saturated rings. The lowest BCUT2D eigenvalue weighted by molar-refractivity contribution is 0.105. The molecule has 1 unspecified atom stereocenters. The molecule has 1 aromatic rings. The summed E-state index contributed by atoms with van der Waals surface area (Å²) in [5, 5.41) is 28.7. The molecule has 1 heterocycles. The fourth-order valence-corrected chi connectivity index (χ4v) is 1.20. The summed E-state index contributed by atoms with van der Waals surface area (Å²) >= 11 is 5.79. The molecule has 3 N–H and O–H groups in total. The Bertz CT molecular complexity index is 346. The first-order valence-electron chi connectivity index (χ1n) is 4.58. The van der Waals surface area contributed by atoms with Crippen molar-refractivity contribution in [2.75, 3.05) is 18.5 Å². The van der Waals surface area contributed by atoms with E-state index in [1.807, 2.05) is 13.8 Å². The molecule has 0 aromatic carbocycles. The number of aromatic nitrogens is 2. The minimum absolute atomic E-state index is 0.229. The maximum atomic E-state index is 9.15. The van der Waals surface area contributed by atoms with Crippen LogP contribution in [0.25, 0.3) is 0 Å². The van der Waals surface area contributed by atoms with Crippen LogP contribution >= 0.6 is 11.6 Å². The minimum atomic E-state index is -0.804. The molecule has 0 saturated heterocycles. The van der Waals surface area contributed by atoms with Gasteiger partial charge in [-0.1, -0.05) is 11.6 Å². The summed E-state index contributed by atoms with van der Waals surface area (Å²) in [5.74, 6) is 0.574. The number of aliphatic hydroxyl groups is 2. The number of nitrogens with zero attached hydrogens (tertiary/aromatic N) is 2. The number of rotatable bonds is 4. The smallest absolute Gasteiger partial charge is 0.155 e. The SMILES string of the molecule is Cc1c(Cl)nnc(NCC(O)CO)c1C. The van der Waals surface area contributed by atoms with Gasteiger partial charge < -0.3 is 15.5 Å². The monoisotopic (exact) mass is 231 g/mol. The number of aliphatic hydroxyl groups excluding tert-OH is 2. The molecule has 15 heavy (non-hydrogen) atoms. The molecule has 1 aromatic heterocycles. The number of anilines is 1. The highest BCUT2D eigenvalue weighted by atomic mass is 35.5. The van der Waals surface area contributed by atoms with Crippen molar-refractivity contribution in [2.24, 2.45) is 0 Å². The van der Waals surface area contributed by atoms with Crippen LogP contribution in [0.2, 0.25) is 5.15 Å². The van der Waals surface area contributed by atoms with Gasteiger partial charge in [0.05, 0.1) is 12.7 Å². The predicted octanol–water partition coefficient (Wildman–Crippen LogP) is 0.512. The van der Waals surface area contributed by atoms with Gasteiger partial charge in [0.25, 0.3) is 0 Å². The summed E-state index contributed by atoms with van der Waals surface area (Å²) in [7, 11) is 0. The highest BCUT2D eigenvalue weighted by molar-refractivity contribution is 6.30. The van der Waals surface area contributed by atoms with E-state index >= 15 is 0 Å². The number of halogens is 1. The molecule has 1 atom stereocenters. The lowest BCUT2D eigenvalue weighted by atomic mass is 10.2. The molecule has 0 saturated carbocycles. The maximum Gasteiger partial charge on any atom is 0.155 e. The summed E-state index contributed by atoms with van der Waals surface area (Å²) < 4.78 is 0. The van der Waals surface area contributed by atoms with Crippen LogP contribution in [0.5, 0.6) is 0 Å². The number of hydrogen-bond acceptors (Lipinski definition) is 5. The van der Waals surface area contributed by atoms with Crippen molar-refractivity contribution in [1.29, 1.82) is 0 Å². The molecule has 0 aliphatic carbocycles. The molecule has 0 amide bonds. The van der Waals surface area contributed by atoms with E-state index in [9.17, 15) is 0 Å². The van der Waals surface area contributed by atoms with Crippen molar-refractivity contribution in [3.05, 3.63) is 16.3 Å². The number of hydrogen-bond donors (Lipinski definition) is 3. The van der Waals surface area contributed by atoms with Crippen molar-refractivity contribution in [3.8, 4) is 0 Å². The molecule has 0 spiro atoms. The second-order valence-electron chi connectivity index (χ2n) is 3.31. The van der Waals surface area contributed by atoms with E-state index in [0.29, 0.717) is 11.0 Å². The summed E-state index contributed by atoms with van der Waals surface area (Å²) in [4.78, 5) is 0. The van der Waals surface area contributed by atoms with E-state index in [2.05, 4.69) is 15.5 Å². The summed E-state index contributed by atoms with van der Waals surface area (Å²) in [6, 6.07) is 0. The molecule has 0 bridgehead atoms. The van der Waals surface area contributed by atoms with Crippen molar-refractivity contribution in [1.82, 2.24) is 10.2 Å². The molecule has 5 nitrogen and oxygen atoms in total. The van der Waals surface area contributed by atoms with Gasteiger partial charge in [-0.25, -0.2) is 0 Å². The van der Waals surface area contributed by atoms with E-state index in [1.165, 1.54) is 0 Å². The lowest BCUT2D eigenvalue weighted by Crippen LogP contribution is -2.24. The molecule has 0 radical (unpaired) electrons. The fraction of sp³-hybridized carbons (Fsp3) is 0.556. The average molecular weight is 232 g/mol. The standard InChI is InChI=1S/C9H14ClN3O2/c1-5-6(2)9(13-12-8(5)10)11-3-7(15)4-14/h7,14-15H,3-4H2,1-2H3,(H,11,13). The molecule has 1 rings (SSSR count). The van der Waals surface area contributed by atoms with Crippen molar-refractivity contribution < 1.29 is 10.2 Å². The Morgan fingerprint density at radius 2 is 2.00 bits per heavy atom. The van der Waals surface area contributed by atoms with Crippen molar-refractivity contribution >= 4 is 17.4 Å². The molecule has 84 valence electrons. The Hall–Kier alpha value is -0.910. The van der Waals surface area contributed by atoms with Gasteiger partial charge in [-0.15, -0.1) is 10.2 Å². The van der Waals surface area contributed by atoms with Crippen LogP contribution in [0.4, 0.5) is 5.82 Å². The second-order valence-corrected chi connectivity index (χ2v) is 3.66. The van der Waals surface area contributed by atoms with Gasteiger partial charge in [0, 0.05) is 6.54 Å². The Kier molecular flexibility index (Phi) is 4.26. The zero-order valence-electron chi connectivity index (χ0n) is 8.66. The third-order valence-electron chi connectivity index (χ3n) is 2.18. The summed E-state index contributed by atoms with van der Waals surface area (Å²) in [6.45, 7) is 3.66. The quantitative estimate of drug-likeness (QED) is 0.704. The summed E-state index contributed by atoms with van der Waals surface area (Å²) in [6.07, 6.45) is -0.804. The molecule has 6 heteroatoms. The first kappa shape index (κ1) is 12.2. The van der Waals surface area contributed by atoms with E-state index in [4.69, 9.17) is 21.8 Å². The molecular weight excluding hydrogens is 218 g/mol. The van der Waals surface area contributed by atoms with Crippen LogP contribution in [0, 0.1) is 13.8 Å². The van der Waals surface area contributed by atoms with Gasteiger partial charge in [0.15, 0.2) is 11.0 Å². The lowest BCUT2D eigenvalue weighted by Gasteiger charge is -2.12. The first-order chi connectivity index (χ1) is 7.06. The van der Waals surface area contributed by atoms with Crippen LogP contribution in [0.15, 0.2) is 0 Å². The van der Waals surface area contributed by atoms with Gasteiger partial charge in [-0.3, -0.25) is 0 Å². The van der Waals surface area contributed by atoms with E-state index in [0.717, 1.165) is 11.1 Å². The van der Waals surface area contributed by atoms with E-state index in [-0.39, 0.29) is 13.2 Å². The highest BCUT2D eigenvalue weighted by Crippen LogP contribution is 2.20. The fourth-order valence-electron chi connectivity index (χ4n) is 1.02. The third-order valence-corrected chi connectivity index (χ3v) is 2.54. The molecule has 0 aliphatic rings. The van der Waals surface area contributed by atoms with E-state index in [1.54, 1.807) is 0 Å². The Balaban J connectivity index is 2.74. The van der Waals surface area contributed by atoms with Crippen LogP contribution in [-0.2, 0) is 0 Å². The Morgan fingerprint density at radius 1 is 1.33 bits per heavy atom. The third kappa shape index (κ3) is 3.02. The van der Waals surface area contributed by atoms with Gasteiger partial charge in [0.1, 0.15) is 0 Å². The van der Waals surface area contributed by atoms with Crippen molar-refractivity contribution in [3.63, 3.8) is 0 Å².